The van der Waals surface area contributed by atoms with Gasteiger partial charge < -0.3 is 14.7 Å². The molecule has 1 unspecified atom stereocenters. The van der Waals surface area contributed by atoms with Crippen LogP contribution in [0.3, 0.4) is 0 Å². The lowest BCUT2D eigenvalue weighted by Crippen LogP contribution is -2.22. The number of carbonyl (C=O) groups is 1. The summed E-state index contributed by atoms with van der Waals surface area (Å²) in [6.45, 7) is 1.21. The van der Waals surface area contributed by atoms with Gasteiger partial charge in [-0.05, 0) is 18.6 Å². The molecule has 1 atom stereocenters. The molecule has 92 valence electrons. The third kappa shape index (κ3) is 2.68. The van der Waals surface area contributed by atoms with Gasteiger partial charge in [0.25, 0.3) is 0 Å². The molecule has 2 heterocycles. The van der Waals surface area contributed by atoms with Crippen LogP contribution < -0.4 is 4.90 Å². The van der Waals surface area contributed by atoms with Crippen LogP contribution in [0.2, 0.25) is 5.15 Å². The number of β-amino-alcohol motifs (C(OH)–C–C–N with tert-alkyl or cyclic N) is 1. The van der Waals surface area contributed by atoms with Crippen LogP contribution in [0.15, 0.2) is 12.1 Å². The molecule has 6 heteroatoms. The minimum absolute atomic E-state index is 0.240. The number of hydrogen-bond donors (Lipinski definition) is 1. The molecule has 1 N–H and O–H groups in total. The molecule has 1 saturated heterocycles. The van der Waals surface area contributed by atoms with Gasteiger partial charge in [-0.1, -0.05) is 11.6 Å². The molecule has 0 spiro atoms. The molecule has 1 aliphatic rings. The minimum atomic E-state index is -0.449. The Hall–Kier alpha value is -1.33. The van der Waals surface area contributed by atoms with Crippen molar-refractivity contribution < 1.29 is 14.6 Å². The zero-order valence-electron chi connectivity index (χ0n) is 9.39. The first-order valence-corrected chi connectivity index (χ1v) is 5.67. The van der Waals surface area contributed by atoms with Crippen LogP contribution in [0.1, 0.15) is 16.8 Å². The van der Waals surface area contributed by atoms with Gasteiger partial charge in [0, 0.05) is 13.1 Å². The molecule has 0 aromatic carbocycles. The Morgan fingerprint density at radius 1 is 1.65 bits per heavy atom. The Kier molecular flexibility index (Phi) is 3.49. The van der Waals surface area contributed by atoms with Crippen LogP contribution in [0.4, 0.5) is 5.82 Å². The summed E-state index contributed by atoms with van der Waals surface area (Å²) in [5.41, 5.74) is 0.365. The van der Waals surface area contributed by atoms with Crippen molar-refractivity contribution in [2.24, 2.45) is 0 Å². The van der Waals surface area contributed by atoms with Gasteiger partial charge in [0.2, 0.25) is 0 Å². The van der Waals surface area contributed by atoms with E-state index >= 15 is 0 Å². The molecule has 17 heavy (non-hydrogen) atoms. The van der Waals surface area contributed by atoms with E-state index in [1.807, 2.05) is 4.90 Å². The molecule has 0 aliphatic carbocycles. The van der Waals surface area contributed by atoms with E-state index in [-0.39, 0.29) is 11.3 Å². The lowest BCUT2D eigenvalue weighted by Gasteiger charge is -2.17. The molecule has 0 radical (unpaired) electrons. The molecular formula is C11H13ClN2O3. The van der Waals surface area contributed by atoms with E-state index in [1.165, 1.54) is 13.2 Å². The van der Waals surface area contributed by atoms with Crippen molar-refractivity contribution in [3.63, 3.8) is 0 Å². The van der Waals surface area contributed by atoms with E-state index in [4.69, 9.17) is 11.6 Å². The van der Waals surface area contributed by atoms with Gasteiger partial charge in [-0.2, -0.15) is 0 Å². The Morgan fingerprint density at radius 3 is 3.00 bits per heavy atom. The van der Waals surface area contributed by atoms with Crippen LogP contribution in [-0.4, -0.2) is 42.4 Å². The van der Waals surface area contributed by atoms with Crippen molar-refractivity contribution in [2.45, 2.75) is 12.5 Å². The number of carbonyl (C=O) groups excluding carboxylic acids is 1. The summed E-state index contributed by atoms with van der Waals surface area (Å²) in [6, 6.07) is 3.08. The summed E-state index contributed by atoms with van der Waals surface area (Å²) >= 11 is 5.86. The smallest absolute Gasteiger partial charge is 0.338 e. The van der Waals surface area contributed by atoms with Crippen molar-refractivity contribution in [1.29, 1.82) is 0 Å². The Bertz CT molecular complexity index is 439. The topological polar surface area (TPSA) is 62.7 Å². The maximum Gasteiger partial charge on any atom is 0.338 e. The van der Waals surface area contributed by atoms with Gasteiger partial charge in [-0.3, -0.25) is 0 Å². The normalized spacial score (nSPS) is 19.5. The fourth-order valence-corrected chi connectivity index (χ4v) is 2.03. The number of aliphatic hydroxyl groups is 1. The molecule has 0 amide bonds. The number of aromatic nitrogens is 1. The summed E-state index contributed by atoms with van der Waals surface area (Å²) in [5, 5.41) is 9.70. The molecule has 1 fully saturated rings. The SMILES string of the molecule is COC(=O)c1cc(Cl)nc(N2CCC(O)C2)c1. The molecule has 0 bridgehead atoms. The highest BCUT2D eigenvalue weighted by Gasteiger charge is 2.22. The number of ether oxygens (including phenoxy) is 1. The Labute approximate surface area is 104 Å². The van der Waals surface area contributed by atoms with Crippen molar-refractivity contribution in [2.75, 3.05) is 25.1 Å². The van der Waals surface area contributed by atoms with E-state index in [9.17, 15) is 9.90 Å². The lowest BCUT2D eigenvalue weighted by atomic mass is 10.2. The number of esters is 1. The zero-order valence-corrected chi connectivity index (χ0v) is 10.1. The second-order valence-corrected chi connectivity index (χ2v) is 4.30. The maximum absolute atomic E-state index is 11.4. The number of pyridine rings is 1. The molecule has 0 saturated carbocycles. The lowest BCUT2D eigenvalue weighted by molar-refractivity contribution is 0.0600. The second kappa shape index (κ2) is 4.89. The predicted molar refractivity (Wildman–Crippen MR) is 63.4 cm³/mol. The fourth-order valence-electron chi connectivity index (χ4n) is 1.83. The van der Waals surface area contributed by atoms with Crippen molar-refractivity contribution in [3.8, 4) is 0 Å². The number of nitrogens with zero attached hydrogens (tertiary/aromatic N) is 2. The van der Waals surface area contributed by atoms with Crippen LogP contribution >= 0.6 is 11.6 Å². The van der Waals surface area contributed by atoms with Crippen molar-refractivity contribution >= 4 is 23.4 Å². The van der Waals surface area contributed by atoms with Crippen LogP contribution in [0, 0.1) is 0 Å². The number of rotatable bonds is 2. The number of hydrogen-bond acceptors (Lipinski definition) is 5. The van der Waals surface area contributed by atoms with E-state index in [0.29, 0.717) is 30.9 Å². The molecule has 1 aliphatic heterocycles. The predicted octanol–water partition coefficient (Wildman–Crippen LogP) is 1.09. The van der Waals surface area contributed by atoms with E-state index in [0.717, 1.165) is 0 Å². The fraction of sp³-hybridized carbons (Fsp3) is 0.455. The molecule has 1 aromatic heterocycles. The van der Waals surface area contributed by atoms with Crippen LogP contribution in [-0.2, 0) is 4.74 Å². The zero-order chi connectivity index (χ0) is 12.4. The largest absolute Gasteiger partial charge is 0.465 e. The van der Waals surface area contributed by atoms with Crippen LogP contribution in [0.25, 0.3) is 0 Å². The van der Waals surface area contributed by atoms with Gasteiger partial charge >= 0.3 is 5.97 Å². The average molecular weight is 257 g/mol. The van der Waals surface area contributed by atoms with Crippen molar-refractivity contribution in [3.05, 3.63) is 22.8 Å². The standard InChI is InChI=1S/C11H13ClN2O3/c1-17-11(16)7-4-9(12)13-10(5-7)14-3-2-8(15)6-14/h4-5,8,15H,2-3,6H2,1H3. The van der Waals surface area contributed by atoms with E-state index in [1.54, 1.807) is 6.07 Å². The highest BCUT2D eigenvalue weighted by Crippen LogP contribution is 2.22. The van der Waals surface area contributed by atoms with Gasteiger partial charge in [0.1, 0.15) is 11.0 Å². The molecule has 2 rings (SSSR count). The maximum atomic E-state index is 11.4. The minimum Gasteiger partial charge on any atom is -0.465 e. The summed E-state index contributed by atoms with van der Waals surface area (Å²) in [6.07, 6.45) is 0.347. The first-order chi connectivity index (χ1) is 8.10. The van der Waals surface area contributed by atoms with Gasteiger partial charge in [-0.25, -0.2) is 9.78 Å². The first kappa shape index (κ1) is 12.1. The molecule has 5 nitrogen and oxygen atoms in total. The van der Waals surface area contributed by atoms with E-state index in [2.05, 4.69) is 9.72 Å². The third-order valence-electron chi connectivity index (χ3n) is 2.69. The number of halogens is 1. The van der Waals surface area contributed by atoms with Gasteiger partial charge in [0.15, 0.2) is 0 Å². The van der Waals surface area contributed by atoms with Gasteiger partial charge in [0.05, 0.1) is 18.8 Å². The van der Waals surface area contributed by atoms with Crippen LogP contribution in [0.5, 0.6) is 0 Å². The number of methoxy groups -OCH3 is 1. The second-order valence-electron chi connectivity index (χ2n) is 3.92. The summed E-state index contributed by atoms with van der Waals surface area (Å²) in [7, 11) is 1.32. The van der Waals surface area contributed by atoms with E-state index < -0.39 is 5.97 Å². The number of anilines is 1. The first-order valence-electron chi connectivity index (χ1n) is 5.29. The molecule has 1 aromatic rings. The quantitative estimate of drug-likeness (QED) is 0.634. The van der Waals surface area contributed by atoms with Crippen molar-refractivity contribution in [1.82, 2.24) is 4.98 Å². The Morgan fingerprint density at radius 2 is 2.41 bits per heavy atom. The summed E-state index contributed by atoms with van der Waals surface area (Å²) in [5.74, 6) is 0.143. The van der Waals surface area contributed by atoms with Gasteiger partial charge in [-0.15, -0.1) is 0 Å². The summed E-state index contributed by atoms with van der Waals surface area (Å²) < 4.78 is 4.64. The average Bonchev–Trinajstić information content (AvgIpc) is 2.74. The summed E-state index contributed by atoms with van der Waals surface area (Å²) in [4.78, 5) is 17.5. The highest BCUT2D eigenvalue weighted by atomic mass is 35.5. The molecular weight excluding hydrogens is 244 g/mol. The monoisotopic (exact) mass is 256 g/mol. The number of aliphatic hydroxyl groups excluding tert-OH is 1. The Balaban J connectivity index is 2.28. The third-order valence-corrected chi connectivity index (χ3v) is 2.88. The highest BCUT2D eigenvalue weighted by molar-refractivity contribution is 6.29.